The van der Waals surface area contributed by atoms with Crippen LogP contribution in [0.15, 0.2) is 48.4 Å². The lowest BCUT2D eigenvalue weighted by Gasteiger charge is -2.11. The number of fused-ring (bicyclic) bond motifs is 1. The van der Waals surface area contributed by atoms with Crippen molar-refractivity contribution in [3.05, 3.63) is 65.2 Å². The van der Waals surface area contributed by atoms with Gasteiger partial charge >= 0.3 is 5.97 Å². The molecule has 2 aromatic carbocycles. The number of benzene rings is 2. The summed E-state index contributed by atoms with van der Waals surface area (Å²) in [7, 11) is -3.17. The molecular weight excluding hydrogens is 372 g/mol. The highest BCUT2D eigenvalue weighted by molar-refractivity contribution is 6.45. The maximum atomic E-state index is 13.3. The largest absolute Gasteiger partial charge is 0.481 e. The minimum Gasteiger partial charge on any atom is -0.481 e. The first-order chi connectivity index (χ1) is 19.9. The van der Waals surface area contributed by atoms with Crippen molar-refractivity contribution in [2.75, 3.05) is 13.6 Å². The van der Waals surface area contributed by atoms with Crippen molar-refractivity contribution < 1.29 is 44.4 Å². The van der Waals surface area contributed by atoms with Gasteiger partial charge in [0.15, 0.2) is 6.61 Å². The Morgan fingerprint density at radius 2 is 2.03 bits per heavy atom. The van der Waals surface area contributed by atoms with Crippen molar-refractivity contribution in [1.82, 2.24) is 4.57 Å². The zero-order valence-electron chi connectivity index (χ0n) is 29.5. The van der Waals surface area contributed by atoms with Gasteiger partial charge in [0.2, 0.25) is 0 Å². The van der Waals surface area contributed by atoms with Gasteiger partial charge in [0.05, 0.1) is 37.2 Å². The van der Waals surface area contributed by atoms with Crippen molar-refractivity contribution in [3.8, 4) is 5.75 Å². The molecule has 0 spiro atoms. The highest BCUT2D eigenvalue weighted by Gasteiger charge is 2.27. The molecule has 3 rings (SSSR count). The fraction of sp³-hybridized carbons (Fsp3) is 0.227. The number of Topliss-reactive ketones (excluding diaryl/α,β-unsaturated/α-hetero) is 1. The normalized spacial score (nSPS) is 20.1. The van der Waals surface area contributed by atoms with Crippen LogP contribution in [0.3, 0.4) is 0 Å². The van der Waals surface area contributed by atoms with Crippen LogP contribution in [0.1, 0.15) is 49.0 Å². The Morgan fingerprint density at radius 3 is 2.72 bits per heavy atom. The SMILES string of the molecule is [2H]c1c([2H])c([2H])c(C([2H])([2H])n2c(C([2H])([2H])C([2H])([2H])[2H])c(C(=O)C(N)=O)c3c(OCC(=O)OC([2H])([2H])[2H])cccc32)c([2H])c1[2H]. The average Bonchev–Trinajstić information content (AvgIpc) is 3.24. The van der Waals surface area contributed by atoms with Gasteiger partial charge in [-0.25, -0.2) is 4.79 Å². The Labute approximate surface area is 189 Å². The van der Waals surface area contributed by atoms with Crippen LogP contribution in [-0.4, -0.2) is 35.9 Å². The molecule has 0 radical (unpaired) electrons. The lowest BCUT2D eigenvalue weighted by molar-refractivity contribution is -0.142. The molecule has 150 valence electrons. The summed E-state index contributed by atoms with van der Waals surface area (Å²) in [5.74, 6) is -5.54. The number of hydrogen-bond acceptors (Lipinski definition) is 5. The standard InChI is InChI=1S/C22H22N2O5/c1-3-15-20(21(26)22(23)27)19-16(24(15)12-14-8-5-4-6-9-14)10-7-11-17(19)29-13-18(25)28-2/h4-11H,3,12-13H2,1-2H3,(H2,23,27)/i1D3,2D3,3D2,4D,5D,6D,8D,9D,12D2. The van der Waals surface area contributed by atoms with Gasteiger partial charge in [0.25, 0.3) is 11.7 Å². The molecule has 7 heteroatoms. The van der Waals surface area contributed by atoms with Gasteiger partial charge in [-0.2, -0.15) is 0 Å². The third-order valence-electron chi connectivity index (χ3n) is 3.71. The van der Waals surface area contributed by atoms with Crippen molar-refractivity contribution in [1.29, 1.82) is 0 Å². The molecule has 1 heterocycles. The van der Waals surface area contributed by atoms with E-state index < -0.39 is 115 Å². The summed E-state index contributed by atoms with van der Waals surface area (Å²) in [6.45, 7) is -8.29. The third-order valence-corrected chi connectivity index (χ3v) is 3.71. The van der Waals surface area contributed by atoms with Crippen molar-refractivity contribution in [3.63, 3.8) is 0 Å². The summed E-state index contributed by atoms with van der Waals surface area (Å²) in [6, 6.07) is -1.93. The van der Waals surface area contributed by atoms with Crippen LogP contribution < -0.4 is 10.5 Å². The molecule has 2 N–H and O–H groups in total. The number of methoxy groups -OCH3 is 1. The van der Waals surface area contributed by atoms with E-state index in [-0.39, 0.29) is 4.57 Å². The molecule has 0 saturated carbocycles. The van der Waals surface area contributed by atoms with Gasteiger partial charge < -0.3 is 19.8 Å². The van der Waals surface area contributed by atoms with E-state index in [1.54, 1.807) is 0 Å². The minimum atomic E-state index is -3.70. The van der Waals surface area contributed by atoms with Gasteiger partial charge in [0, 0.05) is 19.0 Å². The highest BCUT2D eigenvalue weighted by Crippen LogP contribution is 2.35. The number of esters is 1. The summed E-state index contributed by atoms with van der Waals surface area (Å²) in [6.07, 6.45) is -3.70. The van der Waals surface area contributed by atoms with Gasteiger partial charge in [-0.05, 0) is 24.1 Å². The van der Waals surface area contributed by atoms with E-state index in [2.05, 4.69) is 4.74 Å². The van der Waals surface area contributed by atoms with Crippen molar-refractivity contribution in [2.24, 2.45) is 5.73 Å². The number of nitrogens with two attached hydrogens (primary N) is 1. The van der Waals surface area contributed by atoms with Crippen LogP contribution in [0.2, 0.25) is 0 Å². The first kappa shape index (κ1) is 8.41. The lowest BCUT2D eigenvalue weighted by Crippen LogP contribution is -2.24. The smallest absolute Gasteiger partial charge is 0.343 e. The summed E-state index contributed by atoms with van der Waals surface area (Å²) in [5.41, 5.74) is 1.03. The number of primary amides is 1. The Kier molecular flexibility index (Phi) is 2.49. The lowest BCUT2D eigenvalue weighted by atomic mass is 10.0. The second-order valence-electron chi connectivity index (χ2n) is 5.40. The van der Waals surface area contributed by atoms with Crippen LogP contribution in [0.5, 0.6) is 5.75 Å². The van der Waals surface area contributed by atoms with Crippen LogP contribution in [-0.2, 0) is 27.2 Å². The van der Waals surface area contributed by atoms with Gasteiger partial charge in [0.1, 0.15) is 5.75 Å². The monoisotopic (exact) mass is 409 g/mol. The number of hydrogen-bond donors (Lipinski definition) is 1. The number of rotatable bonds is 8. The second kappa shape index (κ2) is 8.60. The first-order valence-corrected chi connectivity index (χ1v) is 7.82. The minimum absolute atomic E-state index is 0.242. The molecule has 29 heavy (non-hydrogen) atoms. The number of carbonyl (C=O) groups is 3. The van der Waals surface area contributed by atoms with E-state index in [1.807, 2.05) is 0 Å². The summed E-state index contributed by atoms with van der Waals surface area (Å²) >= 11 is 0. The molecule has 0 atom stereocenters. The van der Waals surface area contributed by atoms with Crippen LogP contribution in [0.25, 0.3) is 10.9 Å². The quantitative estimate of drug-likeness (QED) is 0.350. The number of ketones is 1. The molecule has 0 aliphatic rings. The van der Waals surface area contributed by atoms with Crippen LogP contribution in [0, 0.1) is 0 Å². The fourth-order valence-electron chi connectivity index (χ4n) is 2.59. The molecule has 0 bridgehead atoms. The van der Waals surface area contributed by atoms with E-state index in [0.717, 1.165) is 18.2 Å². The molecule has 1 aromatic heterocycles. The average molecular weight is 410 g/mol. The molecule has 0 aliphatic carbocycles. The summed E-state index contributed by atoms with van der Waals surface area (Å²) < 4.78 is 130. The Bertz CT molecular complexity index is 1660. The molecule has 7 nitrogen and oxygen atoms in total. The van der Waals surface area contributed by atoms with Crippen molar-refractivity contribution in [2.45, 2.75) is 19.7 Å². The number of aromatic nitrogens is 1. The molecule has 0 unspecified atom stereocenters. The van der Waals surface area contributed by atoms with Crippen LogP contribution in [0.4, 0.5) is 0 Å². The molecule has 0 aliphatic heterocycles. The first-order valence-electron chi connectivity index (χ1n) is 15.3. The molecule has 0 saturated heterocycles. The molecule has 1 amide bonds. The zero-order chi connectivity index (χ0) is 33.9. The Hall–Kier alpha value is -3.61. The zero-order valence-corrected chi connectivity index (χ0v) is 14.5. The highest BCUT2D eigenvalue weighted by atomic mass is 16.6. The molecule has 3 aromatic rings. The third kappa shape index (κ3) is 3.99. The second-order valence-corrected chi connectivity index (χ2v) is 5.40. The van der Waals surface area contributed by atoms with Crippen molar-refractivity contribution >= 4 is 28.6 Å². The van der Waals surface area contributed by atoms with Gasteiger partial charge in [-0.3, -0.25) is 9.59 Å². The van der Waals surface area contributed by atoms with Crippen LogP contribution >= 0.6 is 0 Å². The number of nitrogens with zero attached hydrogens (tertiary/aromatic N) is 1. The Morgan fingerprint density at radius 1 is 1.24 bits per heavy atom. The van der Waals surface area contributed by atoms with E-state index >= 15 is 0 Å². The van der Waals surface area contributed by atoms with Gasteiger partial charge in [-0.1, -0.05) is 43.1 Å². The molecular formula is C22H22N2O5. The maximum Gasteiger partial charge on any atom is 0.343 e. The predicted molar refractivity (Wildman–Crippen MR) is 108 cm³/mol. The Balaban J connectivity index is 2.59. The number of amides is 1. The van der Waals surface area contributed by atoms with E-state index in [0.29, 0.717) is 0 Å². The molecule has 0 fully saturated rings. The topological polar surface area (TPSA) is 101 Å². The maximum absolute atomic E-state index is 13.3. The summed E-state index contributed by atoms with van der Waals surface area (Å²) in [5, 5.41) is -0.669. The van der Waals surface area contributed by atoms with Gasteiger partial charge in [-0.15, -0.1) is 0 Å². The predicted octanol–water partition coefficient (Wildman–Crippen LogP) is 2.47. The fourth-order valence-corrected chi connectivity index (χ4v) is 2.59. The number of carbonyl (C=O) groups excluding carboxylic acids is 3. The van der Waals surface area contributed by atoms with E-state index in [9.17, 15) is 14.4 Å². The number of ether oxygens (including phenoxy) is 2. The summed E-state index contributed by atoms with van der Waals surface area (Å²) in [4.78, 5) is 37.5. The van der Waals surface area contributed by atoms with E-state index in [4.69, 9.17) is 31.0 Å². The van der Waals surface area contributed by atoms with E-state index in [1.165, 1.54) is 0 Å².